The number of hydrogen-bond donors (Lipinski definition) is 1. The Hall–Kier alpha value is -3.80. The van der Waals surface area contributed by atoms with E-state index in [-0.39, 0.29) is 24.8 Å². The summed E-state index contributed by atoms with van der Waals surface area (Å²) < 4.78 is 0. The average molecular weight is 427 g/mol. The second kappa shape index (κ2) is 8.75. The number of hydrogen-bond acceptors (Lipinski definition) is 4. The first-order chi connectivity index (χ1) is 15.3. The minimum atomic E-state index is -0.274. The monoisotopic (exact) mass is 426 g/mol. The van der Waals surface area contributed by atoms with Crippen LogP contribution >= 0.6 is 0 Å². The van der Waals surface area contributed by atoms with E-state index in [9.17, 15) is 9.59 Å². The lowest BCUT2D eigenvalue weighted by Crippen LogP contribution is -2.39. The fourth-order valence-corrected chi connectivity index (χ4v) is 4.00. The van der Waals surface area contributed by atoms with E-state index in [2.05, 4.69) is 10.3 Å². The van der Waals surface area contributed by atoms with Crippen LogP contribution in [-0.2, 0) is 9.59 Å². The Bertz CT molecular complexity index is 1210. The minimum Gasteiger partial charge on any atom is -0.324 e. The Morgan fingerprint density at radius 3 is 2.38 bits per heavy atom. The van der Waals surface area contributed by atoms with Gasteiger partial charge in [-0.3, -0.25) is 14.5 Å². The number of benzene rings is 2. The number of amides is 2. The molecule has 0 atom stereocenters. The highest BCUT2D eigenvalue weighted by Crippen LogP contribution is 2.31. The van der Waals surface area contributed by atoms with Crippen molar-refractivity contribution in [3.63, 3.8) is 0 Å². The maximum Gasteiger partial charge on any atom is 0.244 e. The summed E-state index contributed by atoms with van der Waals surface area (Å²) in [6.07, 6.45) is 1.70. The van der Waals surface area contributed by atoms with Crippen LogP contribution in [0.1, 0.15) is 34.2 Å². The zero-order valence-electron chi connectivity index (χ0n) is 18.8. The topological polar surface area (TPSA) is 74.7 Å². The van der Waals surface area contributed by atoms with Crippen molar-refractivity contribution in [3.8, 4) is 0 Å². The molecular formula is C26H26N4O2. The Balaban J connectivity index is 1.62. The van der Waals surface area contributed by atoms with E-state index in [1.165, 1.54) is 4.90 Å². The molecule has 0 bridgehead atoms. The zero-order valence-corrected chi connectivity index (χ0v) is 18.8. The Labute approximate surface area is 188 Å². The maximum atomic E-state index is 13.2. The fourth-order valence-electron chi connectivity index (χ4n) is 4.00. The number of nitrogens with zero attached hydrogens (tertiary/aromatic N) is 3. The van der Waals surface area contributed by atoms with Gasteiger partial charge in [-0.05, 0) is 56.5 Å². The summed E-state index contributed by atoms with van der Waals surface area (Å²) in [5.74, 6) is -0.0924. The maximum absolute atomic E-state index is 13.2. The van der Waals surface area contributed by atoms with Gasteiger partial charge in [0.15, 0.2) is 5.82 Å². The molecule has 0 saturated carbocycles. The Kier molecular flexibility index (Phi) is 5.86. The molecule has 32 heavy (non-hydrogen) atoms. The van der Waals surface area contributed by atoms with Gasteiger partial charge in [-0.25, -0.2) is 9.98 Å². The molecule has 0 spiro atoms. The molecule has 4 rings (SSSR count). The SMILES string of the molecule is Cc1ccc(C2=Nc3cccnc3N(CC(=O)Nc3c(C)cc(C)cc3C)C(=O)C2)cc1. The Morgan fingerprint density at radius 2 is 1.69 bits per heavy atom. The van der Waals surface area contributed by atoms with E-state index >= 15 is 0 Å². The van der Waals surface area contributed by atoms with E-state index in [1.54, 1.807) is 12.3 Å². The highest BCUT2D eigenvalue weighted by atomic mass is 16.2. The van der Waals surface area contributed by atoms with Gasteiger partial charge < -0.3 is 5.32 Å². The van der Waals surface area contributed by atoms with Crippen molar-refractivity contribution in [2.45, 2.75) is 34.1 Å². The van der Waals surface area contributed by atoms with Crippen molar-refractivity contribution >= 4 is 34.7 Å². The van der Waals surface area contributed by atoms with Crippen molar-refractivity contribution in [2.24, 2.45) is 4.99 Å². The van der Waals surface area contributed by atoms with Crippen LogP contribution in [0.25, 0.3) is 0 Å². The molecule has 0 unspecified atom stereocenters. The second-order valence-corrected chi connectivity index (χ2v) is 8.25. The predicted octanol–water partition coefficient (Wildman–Crippen LogP) is 4.81. The van der Waals surface area contributed by atoms with Gasteiger partial charge in [-0.15, -0.1) is 0 Å². The summed E-state index contributed by atoms with van der Waals surface area (Å²) in [4.78, 5) is 36.7. The van der Waals surface area contributed by atoms with Crippen LogP contribution in [0.2, 0.25) is 0 Å². The molecule has 2 amide bonds. The lowest BCUT2D eigenvalue weighted by molar-refractivity contribution is -0.120. The van der Waals surface area contributed by atoms with Crippen molar-refractivity contribution in [1.29, 1.82) is 0 Å². The van der Waals surface area contributed by atoms with Crippen LogP contribution in [0.4, 0.5) is 17.2 Å². The summed E-state index contributed by atoms with van der Waals surface area (Å²) in [5, 5.41) is 2.98. The van der Waals surface area contributed by atoms with E-state index in [0.717, 1.165) is 33.5 Å². The number of carbonyl (C=O) groups excluding carboxylic acids is 2. The van der Waals surface area contributed by atoms with Crippen LogP contribution < -0.4 is 10.2 Å². The molecule has 0 radical (unpaired) electrons. The number of rotatable bonds is 4. The Morgan fingerprint density at radius 1 is 1.00 bits per heavy atom. The third kappa shape index (κ3) is 4.44. The van der Waals surface area contributed by atoms with Gasteiger partial charge in [0, 0.05) is 11.9 Å². The molecule has 1 aromatic heterocycles. The van der Waals surface area contributed by atoms with Crippen LogP contribution in [0.5, 0.6) is 0 Å². The van der Waals surface area contributed by atoms with Gasteiger partial charge in [0.1, 0.15) is 12.2 Å². The first-order valence-corrected chi connectivity index (χ1v) is 10.6. The van der Waals surface area contributed by atoms with Gasteiger partial charge >= 0.3 is 0 Å². The van der Waals surface area contributed by atoms with Crippen molar-refractivity contribution < 1.29 is 9.59 Å². The second-order valence-electron chi connectivity index (χ2n) is 8.25. The summed E-state index contributed by atoms with van der Waals surface area (Å²) >= 11 is 0. The average Bonchev–Trinajstić information content (AvgIpc) is 2.88. The van der Waals surface area contributed by atoms with Crippen molar-refractivity contribution in [1.82, 2.24) is 4.98 Å². The normalized spacial score (nSPS) is 13.3. The van der Waals surface area contributed by atoms with Gasteiger partial charge in [0.05, 0.1) is 12.1 Å². The first kappa shape index (κ1) is 21.4. The zero-order chi connectivity index (χ0) is 22.8. The molecule has 3 aromatic rings. The molecule has 162 valence electrons. The highest BCUT2D eigenvalue weighted by molar-refractivity contribution is 6.18. The molecule has 0 fully saturated rings. The predicted molar refractivity (Wildman–Crippen MR) is 128 cm³/mol. The lowest BCUT2D eigenvalue weighted by atomic mass is 10.0. The highest BCUT2D eigenvalue weighted by Gasteiger charge is 2.28. The van der Waals surface area contributed by atoms with Gasteiger partial charge in [0.2, 0.25) is 11.8 Å². The summed E-state index contributed by atoms with van der Waals surface area (Å²) in [6, 6.07) is 15.6. The van der Waals surface area contributed by atoms with E-state index < -0.39 is 0 Å². The molecule has 0 saturated heterocycles. The first-order valence-electron chi connectivity index (χ1n) is 10.6. The summed E-state index contributed by atoms with van der Waals surface area (Å²) in [6.45, 7) is 7.83. The van der Waals surface area contributed by atoms with Crippen LogP contribution in [0, 0.1) is 27.7 Å². The third-order valence-electron chi connectivity index (χ3n) is 5.52. The van der Waals surface area contributed by atoms with Crippen LogP contribution in [0.15, 0.2) is 59.7 Å². The minimum absolute atomic E-state index is 0.0925. The van der Waals surface area contributed by atoms with Gasteiger partial charge in [-0.2, -0.15) is 0 Å². The number of pyridine rings is 1. The summed E-state index contributed by atoms with van der Waals surface area (Å²) in [7, 11) is 0. The quantitative estimate of drug-likeness (QED) is 0.650. The number of nitrogens with one attached hydrogen (secondary N) is 1. The molecule has 2 heterocycles. The number of fused-ring (bicyclic) bond motifs is 1. The van der Waals surface area contributed by atoms with Crippen molar-refractivity contribution in [2.75, 3.05) is 16.8 Å². The van der Waals surface area contributed by atoms with Crippen LogP contribution in [0.3, 0.4) is 0 Å². The molecule has 1 N–H and O–H groups in total. The van der Waals surface area contributed by atoms with E-state index in [1.807, 2.05) is 70.2 Å². The lowest BCUT2D eigenvalue weighted by Gasteiger charge is -2.21. The third-order valence-corrected chi connectivity index (χ3v) is 5.52. The molecule has 1 aliphatic heterocycles. The molecule has 6 heteroatoms. The van der Waals surface area contributed by atoms with Gasteiger partial charge in [0.25, 0.3) is 0 Å². The van der Waals surface area contributed by atoms with Gasteiger partial charge in [-0.1, -0.05) is 47.5 Å². The van der Waals surface area contributed by atoms with E-state index in [4.69, 9.17) is 4.99 Å². The standard InChI is InChI=1S/C26H26N4O2/c1-16-7-9-20(10-8-16)22-14-24(32)30(26-21(28-22)6-5-11-27-26)15-23(31)29-25-18(3)12-17(2)13-19(25)4/h5-13H,14-15H2,1-4H3,(H,29,31). The molecule has 6 nitrogen and oxygen atoms in total. The largest absolute Gasteiger partial charge is 0.324 e. The molecular weight excluding hydrogens is 400 g/mol. The number of carbonyl (C=O) groups is 2. The molecule has 1 aliphatic rings. The fraction of sp³-hybridized carbons (Fsp3) is 0.231. The molecule has 2 aromatic carbocycles. The number of aliphatic imine (C=N–C) groups is 1. The number of aryl methyl sites for hydroxylation is 4. The molecule has 0 aliphatic carbocycles. The summed E-state index contributed by atoms with van der Waals surface area (Å²) in [5.41, 5.74) is 7.15. The van der Waals surface area contributed by atoms with E-state index in [0.29, 0.717) is 17.2 Å². The number of aromatic nitrogens is 1. The number of anilines is 2. The smallest absolute Gasteiger partial charge is 0.244 e. The van der Waals surface area contributed by atoms with Crippen LogP contribution in [-0.4, -0.2) is 29.1 Å². The van der Waals surface area contributed by atoms with Crippen molar-refractivity contribution in [3.05, 3.63) is 82.5 Å².